The van der Waals surface area contributed by atoms with Crippen molar-refractivity contribution < 1.29 is 4.79 Å². The van der Waals surface area contributed by atoms with Gasteiger partial charge >= 0.3 is 0 Å². The topological polar surface area (TPSA) is 34.9 Å². The van der Waals surface area contributed by atoms with Crippen LogP contribution in [0.25, 0.3) is 5.69 Å². The Morgan fingerprint density at radius 2 is 2.50 bits per heavy atom. The summed E-state index contributed by atoms with van der Waals surface area (Å²) in [5, 5.41) is 1.92. The van der Waals surface area contributed by atoms with Crippen molar-refractivity contribution in [3.63, 3.8) is 0 Å². The molecule has 2 heterocycles. The van der Waals surface area contributed by atoms with E-state index in [1.807, 2.05) is 22.2 Å². The first-order valence-electron chi connectivity index (χ1n) is 3.42. The van der Waals surface area contributed by atoms with E-state index in [1.54, 1.807) is 12.5 Å². The van der Waals surface area contributed by atoms with Crippen LogP contribution in [0.2, 0.25) is 0 Å². The molecule has 0 aromatic carbocycles. The molecule has 12 heavy (non-hydrogen) atoms. The van der Waals surface area contributed by atoms with Gasteiger partial charge in [-0.05, 0) is 6.07 Å². The van der Waals surface area contributed by atoms with Gasteiger partial charge in [0, 0.05) is 17.8 Å². The average molecular weight is 178 g/mol. The molecule has 0 aliphatic rings. The normalized spacial score (nSPS) is 10.0. The van der Waals surface area contributed by atoms with Gasteiger partial charge < -0.3 is 4.57 Å². The first kappa shape index (κ1) is 7.24. The van der Waals surface area contributed by atoms with Crippen LogP contribution in [0.5, 0.6) is 0 Å². The number of imidazole rings is 1. The molecule has 60 valence electrons. The van der Waals surface area contributed by atoms with Gasteiger partial charge in [-0.3, -0.25) is 4.79 Å². The average Bonchev–Trinajstić information content (AvgIpc) is 2.75. The molecule has 2 aromatic rings. The lowest BCUT2D eigenvalue weighted by Crippen LogP contribution is -1.84. The van der Waals surface area contributed by atoms with Crippen LogP contribution in [0.4, 0.5) is 0 Å². The molecule has 0 spiro atoms. The van der Waals surface area contributed by atoms with E-state index < -0.39 is 0 Å². The van der Waals surface area contributed by atoms with Crippen molar-refractivity contribution in [3.05, 3.63) is 35.0 Å². The Morgan fingerprint density at radius 1 is 1.58 bits per heavy atom. The molecule has 0 radical (unpaired) electrons. The molecule has 0 saturated carbocycles. The minimum Gasteiger partial charge on any atom is -0.305 e. The van der Waals surface area contributed by atoms with Gasteiger partial charge in [0.25, 0.3) is 0 Å². The van der Waals surface area contributed by atoms with Gasteiger partial charge in [0.05, 0.1) is 16.9 Å². The Labute approximate surface area is 73.3 Å². The molecule has 0 fully saturated rings. The van der Waals surface area contributed by atoms with Crippen LogP contribution in [-0.4, -0.2) is 15.8 Å². The summed E-state index contributed by atoms with van der Waals surface area (Å²) in [6.45, 7) is 0. The van der Waals surface area contributed by atoms with Crippen LogP contribution in [-0.2, 0) is 0 Å². The van der Waals surface area contributed by atoms with E-state index in [-0.39, 0.29) is 0 Å². The molecule has 0 bridgehead atoms. The molecule has 2 rings (SSSR count). The largest absolute Gasteiger partial charge is 0.305 e. The second-order valence-electron chi connectivity index (χ2n) is 2.30. The van der Waals surface area contributed by atoms with Crippen molar-refractivity contribution in [2.24, 2.45) is 0 Å². The predicted octanol–water partition coefficient (Wildman–Crippen LogP) is 1.75. The maximum Gasteiger partial charge on any atom is 0.160 e. The van der Waals surface area contributed by atoms with Crippen molar-refractivity contribution >= 4 is 17.6 Å². The van der Waals surface area contributed by atoms with E-state index in [1.165, 1.54) is 11.3 Å². The molecule has 0 unspecified atom stereocenters. The van der Waals surface area contributed by atoms with Crippen molar-refractivity contribution in [2.75, 3.05) is 0 Å². The molecule has 0 N–H and O–H groups in total. The molecule has 0 amide bonds. The van der Waals surface area contributed by atoms with Crippen LogP contribution < -0.4 is 0 Å². The van der Waals surface area contributed by atoms with Crippen LogP contribution >= 0.6 is 11.3 Å². The van der Waals surface area contributed by atoms with E-state index >= 15 is 0 Å². The van der Waals surface area contributed by atoms with E-state index in [9.17, 15) is 4.79 Å². The lowest BCUT2D eigenvalue weighted by molar-refractivity contribution is 0.112. The fourth-order valence-electron chi connectivity index (χ4n) is 0.951. The smallest absolute Gasteiger partial charge is 0.160 e. The van der Waals surface area contributed by atoms with Crippen LogP contribution in [0.1, 0.15) is 9.67 Å². The first-order valence-corrected chi connectivity index (χ1v) is 4.30. The number of aromatic nitrogens is 2. The number of carbonyl (C=O) groups excluding carboxylic acids is 1. The molecule has 0 saturated heterocycles. The highest BCUT2D eigenvalue weighted by atomic mass is 32.1. The molecule has 0 atom stereocenters. The van der Waals surface area contributed by atoms with E-state index in [0.29, 0.717) is 0 Å². The minimum atomic E-state index is 0.735. The van der Waals surface area contributed by atoms with E-state index in [0.717, 1.165) is 16.9 Å². The summed E-state index contributed by atoms with van der Waals surface area (Å²) < 4.78 is 1.86. The number of hydrogen-bond acceptors (Lipinski definition) is 3. The monoisotopic (exact) mass is 178 g/mol. The lowest BCUT2D eigenvalue weighted by atomic mass is 10.4. The maximum absolute atomic E-state index is 10.4. The summed E-state index contributed by atoms with van der Waals surface area (Å²) in [7, 11) is 0. The fraction of sp³-hybridized carbons (Fsp3) is 0. The number of carbonyl (C=O) groups is 1. The number of hydrogen-bond donors (Lipinski definition) is 0. The molecular formula is C8H6N2OS. The summed E-state index contributed by atoms with van der Waals surface area (Å²) in [5.41, 5.74) is 0.986. The molecule has 0 aliphatic carbocycles. The number of rotatable bonds is 2. The third-order valence-electron chi connectivity index (χ3n) is 1.52. The first-order chi connectivity index (χ1) is 5.90. The fourth-order valence-corrected chi connectivity index (χ4v) is 1.64. The SMILES string of the molecule is O=Cc1cc(-n2ccnc2)cs1. The Hall–Kier alpha value is -1.42. The number of nitrogens with zero attached hydrogens (tertiary/aromatic N) is 2. The Bertz CT molecular complexity index is 377. The summed E-state index contributed by atoms with van der Waals surface area (Å²) in [6.07, 6.45) is 6.11. The van der Waals surface area contributed by atoms with Gasteiger partial charge in [-0.15, -0.1) is 11.3 Å². The van der Waals surface area contributed by atoms with Crippen LogP contribution in [0, 0.1) is 0 Å². The quantitative estimate of drug-likeness (QED) is 0.656. The number of thiophene rings is 1. The van der Waals surface area contributed by atoms with Crippen LogP contribution in [0.15, 0.2) is 30.2 Å². The van der Waals surface area contributed by atoms with Gasteiger partial charge in [0.2, 0.25) is 0 Å². The van der Waals surface area contributed by atoms with Gasteiger partial charge in [0.15, 0.2) is 6.29 Å². The zero-order valence-corrected chi connectivity index (χ0v) is 6.99. The van der Waals surface area contributed by atoms with Crippen molar-refractivity contribution in [2.45, 2.75) is 0 Å². The lowest BCUT2D eigenvalue weighted by Gasteiger charge is -1.93. The van der Waals surface area contributed by atoms with Crippen LogP contribution in [0.3, 0.4) is 0 Å². The summed E-state index contributed by atoms with van der Waals surface area (Å²) in [6, 6.07) is 1.83. The van der Waals surface area contributed by atoms with Gasteiger partial charge in [-0.2, -0.15) is 0 Å². The molecule has 4 heteroatoms. The highest BCUT2D eigenvalue weighted by Crippen LogP contribution is 2.15. The Kier molecular flexibility index (Phi) is 1.75. The zero-order chi connectivity index (χ0) is 8.39. The maximum atomic E-state index is 10.4. The Morgan fingerprint density at radius 3 is 3.08 bits per heavy atom. The van der Waals surface area contributed by atoms with E-state index in [4.69, 9.17) is 0 Å². The van der Waals surface area contributed by atoms with Crippen molar-refractivity contribution in [3.8, 4) is 5.69 Å². The Balaban J connectivity index is 2.41. The third-order valence-corrected chi connectivity index (χ3v) is 2.37. The highest BCUT2D eigenvalue weighted by molar-refractivity contribution is 7.12. The minimum absolute atomic E-state index is 0.735. The van der Waals surface area contributed by atoms with Gasteiger partial charge in [0.1, 0.15) is 0 Å². The predicted molar refractivity (Wildman–Crippen MR) is 46.8 cm³/mol. The molecule has 0 aliphatic heterocycles. The second kappa shape index (κ2) is 2.91. The third kappa shape index (κ3) is 1.16. The summed E-state index contributed by atoms with van der Waals surface area (Å²) in [4.78, 5) is 15.0. The highest BCUT2D eigenvalue weighted by Gasteiger charge is 1.98. The van der Waals surface area contributed by atoms with Gasteiger partial charge in [-0.1, -0.05) is 0 Å². The summed E-state index contributed by atoms with van der Waals surface area (Å²) in [5.74, 6) is 0. The van der Waals surface area contributed by atoms with Crippen molar-refractivity contribution in [1.82, 2.24) is 9.55 Å². The van der Waals surface area contributed by atoms with Gasteiger partial charge in [-0.25, -0.2) is 4.98 Å². The standard InChI is InChI=1S/C8H6N2OS/c11-4-8-3-7(5-12-8)10-2-1-9-6-10/h1-6H. The summed E-state index contributed by atoms with van der Waals surface area (Å²) >= 11 is 1.43. The number of aldehydes is 1. The molecule has 2 aromatic heterocycles. The second-order valence-corrected chi connectivity index (χ2v) is 3.24. The molecule has 3 nitrogen and oxygen atoms in total. The zero-order valence-electron chi connectivity index (χ0n) is 6.18. The molecular weight excluding hydrogens is 172 g/mol. The van der Waals surface area contributed by atoms with E-state index in [2.05, 4.69) is 4.98 Å². The van der Waals surface area contributed by atoms with Crippen molar-refractivity contribution in [1.29, 1.82) is 0 Å².